The first-order chi connectivity index (χ1) is 12.6. The number of carbonyl (C=O) groups excluding carboxylic acids is 1. The number of piperidine rings is 1. The maximum atomic E-state index is 12.7. The molecule has 2 aliphatic heterocycles. The summed E-state index contributed by atoms with van der Waals surface area (Å²) in [5, 5.41) is 8.65. The molecular formula is C20H29N3O3. The molecule has 1 aromatic heterocycles. The Hall–Kier alpha value is -1.95. The minimum Gasteiger partial charge on any atom is -0.481 e. The Bertz CT molecular complexity index is 622. The van der Waals surface area contributed by atoms with Crippen LogP contribution in [0.25, 0.3) is 0 Å². The number of hydrogen-bond acceptors (Lipinski definition) is 4. The molecule has 1 amide bonds. The zero-order valence-corrected chi connectivity index (χ0v) is 15.4. The van der Waals surface area contributed by atoms with Crippen LogP contribution in [0, 0.1) is 5.41 Å². The zero-order valence-electron chi connectivity index (χ0n) is 15.4. The summed E-state index contributed by atoms with van der Waals surface area (Å²) in [4.78, 5) is 31.6. The molecule has 0 radical (unpaired) electrons. The second kappa shape index (κ2) is 8.62. The van der Waals surface area contributed by atoms with Crippen molar-refractivity contribution in [3.63, 3.8) is 0 Å². The standard InChI is InChI=1S/C20H29N3O3/c24-18-15-20(9-14-23(18)17-6-10-21-11-7-17)8-13-22(16-20)12-4-2-1-3-5-19(25)26/h6-7,10-11H,1-5,8-9,12-16H2,(H,25,26). The van der Waals surface area contributed by atoms with E-state index in [4.69, 9.17) is 5.11 Å². The van der Waals surface area contributed by atoms with Gasteiger partial charge in [0.2, 0.25) is 5.91 Å². The quantitative estimate of drug-likeness (QED) is 0.723. The molecular weight excluding hydrogens is 330 g/mol. The number of anilines is 1. The van der Waals surface area contributed by atoms with Crippen molar-refractivity contribution in [3.05, 3.63) is 24.5 Å². The van der Waals surface area contributed by atoms with Crippen LogP contribution in [0.4, 0.5) is 5.69 Å². The summed E-state index contributed by atoms with van der Waals surface area (Å²) in [6.07, 6.45) is 10.6. The number of aliphatic carboxylic acids is 1. The van der Waals surface area contributed by atoms with Crippen molar-refractivity contribution in [2.45, 2.75) is 51.4 Å². The van der Waals surface area contributed by atoms with Gasteiger partial charge in [0.15, 0.2) is 0 Å². The maximum absolute atomic E-state index is 12.7. The number of unbranched alkanes of at least 4 members (excludes halogenated alkanes) is 3. The lowest BCUT2D eigenvalue weighted by molar-refractivity contribution is -0.137. The van der Waals surface area contributed by atoms with Gasteiger partial charge in [-0.2, -0.15) is 0 Å². The summed E-state index contributed by atoms with van der Waals surface area (Å²) in [5.41, 5.74) is 1.11. The number of carboxylic acids is 1. The minimum atomic E-state index is -0.700. The minimum absolute atomic E-state index is 0.157. The summed E-state index contributed by atoms with van der Waals surface area (Å²) in [6.45, 7) is 3.97. The molecule has 1 spiro atoms. The number of likely N-dealkylation sites (tertiary alicyclic amines) is 1. The molecule has 1 aromatic rings. The molecule has 0 aliphatic carbocycles. The van der Waals surface area contributed by atoms with Crippen molar-refractivity contribution in [1.29, 1.82) is 0 Å². The van der Waals surface area contributed by atoms with Crippen molar-refractivity contribution in [3.8, 4) is 0 Å². The highest BCUT2D eigenvalue weighted by molar-refractivity contribution is 5.94. The lowest BCUT2D eigenvalue weighted by Crippen LogP contribution is -2.45. The number of aromatic nitrogens is 1. The van der Waals surface area contributed by atoms with Gasteiger partial charge < -0.3 is 14.9 Å². The van der Waals surface area contributed by atoms with Crippen molar-refractivity contribution < 1.29 is 14.7 Å². The number of amides is 1. The summed E-state index contributed by atoms with van der Waals surface area (Å²) < 4.78 is 0. The normalized spacial score (nSPS) is 23.7. The molecule has 26 heavy (non-hydrogen) atoms. The van der Waals surface area contributed by atoms with Crippen LogP contribution in [0.2, 0.25) is 0 Å². The van der Waals surface area contributed by atoms with Crippen molar-refractivity contribution >= 4 is 17.6 Å². The van der Waals surface area contributed by atoms with Gasteiger partial charge in [0.25, 0.3) is 0 Å². The number of nitrogens with zero attached hydrogens (tertiary/aromatic N) is 3. The molecule has 3 heterocycles. The average molecular weight is 359 g/mol. The van der Waals surface area contributed by atoms with E-state index in [-0.39, 0.29) is 17.7 Å². The van der Waals surface area contributed by atoms with Gasteiger partial charge in [-0.05, 0) is 56.3 Å². The van der Waals surface area contributed by atoms with Gasteiger partial charge in [-0.3, -0.25) is 14.6 Å². The monoisotopic (exact) mass is 359 g/mol. The highest BCUT2D eigenvalue weighted by Gasteiger charge is 2.43. The molecule has 1 unspecified atom stereocenters. The molecule has 2 fully saturated rings. The number of hydrogen-bond donors (Lipinski definition) is 1. The molecule has 2 saturated heterocycles. The topological polar surface area (TPSA) is 73.7 Å². The highest BCUT2D eigenvalue weighted by Crippen LogP contribution is 2.41. The molecule has 1 N–H and O–H groups in total. The fraction of sp³-hybridized carbons (Fsp3) is 0.650. The van der Waals surface area contributed by atoms with Crippen LogP contribution in [-0.4, -0.2) is 53.0 Å². The molecule has 0 aromatic carbocycles. The fourth-order valence-electron chi connectivity index (χ4n) is 4.31. The first-order valence-corrected chi connectivity index (χ1v) is 9.73. The number of carbonyl (C=O) groups is 2. The fourth-order valence-corrected chi connectivity index (χ4v) is 4.31. The Morgan fingerprint density at radius 2 is 1.85 bits per heavy atom. The predicted octanol–water partition coefficient (Wildman–Crippen LogP) is 2.94. The van der Waals surface area contributed by atoms with Gasteiger partial charge in [0, 0.05) is 44.0 Å². The molecule has 0 saturated carbocycles. The van der Waals surface area contributed by atoms with Crippen molar-refractivity contribution in [2.24, 2.45) is 5.41 Å². The SMILES string of the molecule is O=C(O)CCCCCCN1CCC2(CCN(c3ccncc3)C(=O)C2)C1. The largest absolute Gasteiger partial charge is 0.481 e. The molecule has 6 nitrogen and oxygen atoms in total. The molecule has 6 heteroatoms. The van der Waals surface area contributed by atoms with Crippen LogP contribution in [0.3, 0.4) is 0 Å². The maximum Gasteiger partial charge on any atom is 0.303 e. The van der Waals surface area contributed by atoms with Gasteiger partial charge in [0.05, 0.1) is 0 Å². The van der Waals surface area contributed by atoms with E-state index in [9.17, 15) is 9.59 Å². The van der Waals surface area contributed by atoms with Crippen LogP contribution in [0.1, 0.15) is 51.4 Å². The second-order valence-corrected chi connectivity index (χ2v) is 7.76. The molecule has 2 aliphatic rings. The van der Waals surface area contributed by atoms with Gasteiger partial charge in [0.1, 0.15) is 0 Å². The summed E-state index contributed by atoms with van der Waals surface area (Å²) in [5.74, 6) is -0.466. The van der Waals surface area contributed by atoms with Crippen LogP contribution < -0.4 is 4.90 Å². The molecule has 0 bridgehead atoms. The number of rotatable bonds is 8. The van der Waals surface area contributed by atoms with Gasteiger partial charge in [-0.15, -0.1) is 0 Å². The van der Waals surface area contributed by atoms with Crippen LogP contribution in [-0.2, 0) is 9.59 Å². The van der Waals surface area contributed by atoms with Gasteiger partial charge in [-0.1, -0.05) is 12.8 Å². The van der Waals surface area contributed by atoms with E-state index in [1.54, 1.807) is 12.4 Å². The zero-order chi connectivity index (χ0) is 18.4. The Labute approximate surface area is 155 Å². The third kappa shape index (κ3) is 4.81. The van der Waals surface area contributed by atoms with Gasteiger partial charge in [-0.25, -0.2) is 0 Å². The van der Waals surface area contributed by atoms with E-state index >= 15 is 0 Å². The smallest absolute Gasteiger partial charge is 0.303 e. The molecule has 3 rings (SSSR count). The molecule has 1 atom stereocenters. The summed E-state index contributed by atoms with van der Waals surface area (Å²) in [6, 6.07) is 3.81. The van der Waals surface area contributed by atoms with E-state index in [0.717, 1.165) is 70.4 Å². The van der Waals surface area contributed by atoms with Crippen molar-refractivity contribution in [1.82, 2.24) is 9.88 Å². The third-order valence-corrected chi connectivity index (χ3v) is 5.80. The van der Waals surface area contributed by atoms with E-state index in [2.05, 4.69) is 9.88 Å². The molecule has 142 valence electrons. The lowest BCUT2D eigenvalue weighted by atomic mass is 9.77. The van der Waals surface area contributed by atoms with E-state index in [0.29, 0.717) is 6.42 Å². The number of pyridine rings is 1. The van der Waals surface area contributed by atoms with Crippen LogP contribution >= 0.6 is 0 Å². The van der Waals surface area contributed by atoms with E-state index in [1.807, 2.05) is 17.0 Å². The number of carboxylic acid groups (broad SMARTS) is 1. The summed E-state index contributed by atoms with van der Waals surface area (Å²) in [7, 11) is 0. The van der Waals surface area contributed by atoms with Gasteiger partial charge >= 0.3 is 5.97 Å². The average Bonchev–Trinajstić information content (AvgIpc) is 3.01. The summed E-state index contributed by atoms with van der Waals surface area (Å²) >= 11 is 0. The first-order valence-electron chi connectivity index (χ1n) is 9.73. The lowest BCUT2D eigenvalue weighted by Gasteiger charge is -2.38. The Morgan fingerprint density at radius 1 is 1.12 bits per heavy atom. The second-order valence-electron chi connectivity index (χ2n) is 7.76. The van der Waals surface area contributed by atoms with Crippen molar-refractivity contribution in [2.75, 3.05) is 31.1 Å². The Balaban J connectivity index is 1.41. The first kappa shape index (κ1) is 18.8. The Morgan fingerprint density at radius 3 is 2.58 bits per heavy atom. The highest BCUT2D eigenvalue weighted by atomic mass is 16.4. The Kier molecular flexibility index (Phi) is 6.25. The predicted molar refractivity (Wildman–Crippen MR) is 100 cm³/mol. The third-order valence-electron chi connectivity index (χ3n) is 5.80. The van der Waals surface area contributed by atoms with Crippen LogP contribution in [0.5, 0.6) is 0 Å². The van der Waals surface area contributed by atoms with Crippen LogP contribution in [0.15, 0.2) is 24.5 Å². The van der Waals surface area contributed by atoms with E-state index < -0.39 is 5.97 Å². The van der Waals surface area contributed by atoms with E-state index in [1.165, 1.54) is 0 Å².